The molecule has 1 aromatic carbocycles. The fourth-order valence-electron chi connectivity index (χ4n) is 1.79. The number of carbonyl (C=O) groups excluding carboxylic acids is 2. The smallest absolute Gasteiger partial charge is 0.274 e. The van der Waals surface area contributed by atoms with Gasteiger partial charge in [0.1, 0.15) is 0 Å². The first-order valence-electron chi connectivity index (χ1n) is 6.42. The zero-order valence-electron chi connectivity index (χ0n) is 11.9. The van der Waals surface area contributed by atoms with Gasteiger partial charge in [-0.2, -0.15) is 5.10 Å². The number of nitrogens with zero attached hydrogens (tertiary/aromatic N) is 1. The van der Waals surface area contributed by atoms with Gasteiger partial charge in [0.05, 0.1) is 11.4 Å². The fraction of sp³-hybridized carbons (Fsp3) is 0.214. The Morgan fingerprint density at radius 2 is 1.95 bits per heavy atom. The predicted octanol–water partition coefficient (Wildman–Crippen LogP) is 1.19. The first kappa shape index (κ1) is 14.6. The van der Waals surface area contributed by atoms with Crippen LogP contribution in [-0.2, 0) is 11.3 Å². The van der Waals surface area contributed by atoms with Gasteiger partial charge in [0.15, 0.2) is 5.69 Å². The van der Waals surface area contributed by atoms with Crippen molar-refractivity contribution < 1.29 is 9.59 Å². The third-order valence-corrected chi connectivity index (χ3v) is 2.94. The molecule has 0 aliphatic rings. The molecule has 110 valence electrons. The molecule has 2 aromatic rings. The monoisotopic (exact) mass is 287 g/mol. The van der Waals surface area contributed by atoms with Crippen LogP contribution in [0.2, 0.25) is 0 Å². The van der Waals surface area contributed by atoms with Crippen molar-refractivity contribution in [3.05, 3.63) is 41.2 Å². The predicted molar refractivity (Wildman–Crippen MR) is 79.7 cm³/mol. The highest BCUT2D eigenvalue weighted by molar-refractivity contribution is 5.97. The van der Waals surface area contributed by atoms with Crippen molar-refractivity contribution in [1.29, 1.82) is 0 Å². The van der Waals surface area contributed by atoms with Crippen LogP contribution in [0, 0.1) is 6.92 Å². The largest absolute Gasteiger partial charge is 0.395 e. The Hall–Kier alpha value is -2.83. The average molecular weight is 287 g/mol. The lowest BCUT2D eigenvalue weighted by Gasteiger charge is -2.06. The van der Waals surface area contributed by atoms with Crippen LogP contribution in [0.1, 0.15) is 28.7 Å². The topological polar surface area (TPSA) is 113 Å². The summed E-state index contributed by atoms with van der Waals surface area (Å²) in [4.78, 5) is 22.8. The highest BCUT2D eigenvalue weighted by Gasteiger charge is 2.14. The van der Waals surface area contributed by atoms with E-state index in [1.54, 1.807) is 19.1 Å². The molecule has 2 amide bonds. The standard InChI is InChI=1S/C14H17N5O2/c1-8-12(15)13(19-18-8)14(21)16-7-10-3-5-11(6-4-10)17-9(2)20/h3-6H,7,15H2,1-2H3,(H,16,21)(H,17,20)(H,18,19). The van der Waals surface area contributed by atoms with E-state index in [-0.39, 0.29) is 17.5 Å². The molecular weight excluding hydrogens is 270 g/mol. The third-order valence-electron chi connectivity index (χ3n) is 2.94. The first-order chi connectivity index (χ1) is 9.97. The zero-order valence-corrected chi connectivity index (χ0v) is 11.9. The molecule has 0 aliphatic heterocycles. The van der Waals surface area contributed by atoms with Gasteiger partial charge in [-0.05, 0) is 24.6 Å². The van der Waals surface area contributed by atoms with Crippen LogP contribution < -0.4 is 16.4 Å². The molecule has 5 N–H and O–H groups in total. The number of anilines is 2. The number of nitrogen functional groups attached to an aromatic ring is 1. The SMILES string of the molecule is CC(=O)Nc1ccc(CNC(=O)c2n[nH]c(C)c2N)cc1. The van der Waals surface area contributed by atoms with Crippen LogP contribution >= 0.6 is 0 Å². The maximum atomic E-state index is 11.9. The Morgan fingerprint density at radius 3 is 2.48 bits per heavy atom. The van der Waals surface area contributed by atoms with Crippen LogP contribution in [0.25, 0.3) is 0 Å². The number of aryl methyl sites for hydroxylation is 1. The Bertz CT molecular complexity index is 661. The van der Waals surface area contributed by atoms with Crippen molar-refractivity contribution >= 4 is 23.2 Å². The fourth-order valence-corrected chi connectivity index (χ4v) is 1.79. The molecule has 0 radical (unpaired) electrons. The minimum absolute atomic E-state index is 0.125. The lowest BCUT2D eigenvalue weighted by atomic mass is 10.2. The summed E-state index contributed by atoms with van der Waals surface area (Å²) < 4.78 is 0. The summed E-state index contributed by atoms with van der Waals surface area (Å²) >= 11 is 0. The van der Waals surface area contributed by atoms with Gasteiger partial charge < -0.3 is 16.4 Å². The van der Waals surface area contributed by atoms with Gasteiger partial charge in [-0.1, -0.05) is 12.1 Å². The molecule has 1 aromatic heterocycles. The second-order valence-electron chi connectivity index (χ2n) is 4.67. The number of hydrogen-bond donors (Lipinski definition) is 4. The second-order valence-corrected chi connectivity index (χ2v) is 4.67. The van der Waals surface area contributed by atoms with Crippen LogP contribution in [0.15, 0.2) is 24.3 Å². The molecule has 7 heteroatoms. The number of benzene rings is 1. The highest BCUT2D eigenvalue weighted by atomic mass is 16.2. The summed E-state index contributed by atoms with van der Waals surface area (Å²) in [5.41, 5.74) is 8.58. The van der Waals surface area contributed by atoms with Crippen molar-refractivity contribution in [3.63, 3.8) is 0 Å². The highest BCUT2D eigenvalue weighted by Crippen LogP contribution is 2.13. The molecule has 0 bridgehead atoms. The van der Waals surface area contributed by atoms with Crippen LogP contribution in [0.4, 0.5) is 11.4 Å². The quantitative estimate of drug-likeness (QED) is 0.676. The van der Waals surface area contributed by atoms with Crippen LogP contribution in [-0.4, -0.2) is 22.0 Å². The normalized spacial score (nSPS) is 10.2. The molecule has 0 atom stereocenters. The van der Waals surface area contributed by atoms with Crippen LogP contribution in [0.5, 0.6) is 0 Å². The number of nitrogens with two attached hydrogens (primary N) is 1. The molecule has 21 heavy (non-hydrogen) atoms. The number of nitrogens with one attached hydrogen (secondary N) is 3. The van der Waals surface area contributed by atoms with Crippen LogP contribution in [0.3, 0.4) is 0 Å². The molecule has 1 heterocycles. The van der Waals surface area contributed by atoms with Gasteiger partial charge in [-0.15, -0.1) is 0 Å². The zero-order chi connectivity index (χ0) is 15.4. The number of carbonyl (C=O) groups is 2. The van der Waals surface area contributed by atoms with E-state index in [0.717, 1.165) is 5.56 Å². The van der Waals surface area contributed by atoms with Crippen molar-refractivity contribution in [3.8, 4) is 0 Å². The molecule has 7 nitrogen and oxygen atoms in total. The van der Waals surface area contributed by atoms with E-state index in [1.165, 1.54) is 6.92 Å². The number of amides is 2. The third kappa shape index (κ3) is 3.59. The number of aromatic amines is 1. The van der Waals surface area contributed by atoms with E-state index < -0.39 is 0 Å². The molecular formula is C14H17N5O2. The van der Waals surface area contributed by atoms with E-state index in [4.69, 9.17) is 5.73 Å². The Labute approximate surface area is 121 Å². The van der Waals surface area contributed by atoms with Crippen molar-refractivity contribution in [2.24, 2.45) is 0 Å². The number of rotatable bonds is 4. The van der Waals surface area contributed by atoms with E-state index in [1.807, 2.05) is 12.1 Å². The molecule has 0 aliphatic carbocycles. The van der Waals surface area contributed by atoms with E-state index in [9.17, 15) is 9.59 Å². The summed E-state index contributed by atoms with van der Waals surface area (Å²) in [6, 6.07) is 7.20. The van der Waals surface area contributed by atoms with Gasteiger partial charge in [0, 0.05) is 19.2 Å². The van der Waals surface area contributed by atoms with Crippen molar-refractivity contribution in [2.45, 2.75) is 20.4 Å². The summed E-state index contributed by atoms with van der Waals surface area (Å²) in [5, 5.41) is 11.9. The summed E-state index contributed by atoms with van der Waals surface area (Å²) in [6.07, 6.45) is 0. The molecule has 0 spiro atoms. The summed E-state index contributed by atoms with van der Waals surface area (Å²) in [5.74, 6) is -0.455. The maximum absolute atomic E-state index is 11.9. The number of H-pyrrole nitrogens is 1. The molecule has 0 saturated heterocycles. The van der Waals surface area contributed by atoms with E-state index >= 15 is 0 Å². The average Bonchev–Trinajstić information content (AvgIpc) is 2.77. The minimum Gasteiger partial charge on any atom is -0.395 e. The Morgan fingerprint density at radius 1 is 1.29 bits per heavy atom. The lowest BCUT2D eigenvalue weighted by molar-refractivity contribution is -0.114. The maximum Gasteiger partial charge on any atom is 0.274 e. The minimum atomic E-state index is -0.331. The molecule has 0 saturated carbocycles. The van der Waals surface area contributed by atoms with Crippen molar-refractivity contribution in [2.75, 3.05) is 11.1 Å². The van der Waals surface area contributed by atoms with E-state index in [2.05, 4.69) is 20.8 Å². The van der Waals surface area contributed by atoms with Crippen molar-refractivity contribution in [1.82, 2.24) is 15.5 Å². The Balaban J connectivity index is 1.95. The van der Waals surface area contributed by atoms with Gasteiger partial charge in [-0.3, -0.25) is 14.7 Å². The summed E-state index contributed by atoms with van der Waals surface area (Å²) in [6.45, 7) is 3.55. The van der Waals surface area contributed by atoms with Gasteiger partial charge in [0.25, 0.3) is 5.91 Å². The van der Waals surface area contributed by atoms with E-state index in [0.29, 0.717) is 23.6 Å². The Kier molecular flexibility index (Phi) is 4.22. The molecule has 0 fully saturated rings. The first-order valence-corrected chi connectivity index (χ1v) is 6.42. The van der Waals surface area contributed by atoms with Gasteiger partial charge >= 0.3 is 0 Å². The second kappa shape index (κ2) is 6.08. The number of hydrogen-bond acceptors (Lipinski definition) is 4. The van der Waals surface area contributed by atoms with Gasteiger partial charge in [-0.25, -0.2) is 0 Å². The number of aromatic nitrogens is 2. The summed E-state index contributed by atoms with van der Waals surface area (Å²) in [7, 11) is 0. The van der Waals surface area contributed by atoms with Gasteiger partial charge in [0.2, 0.25) is 5.91 Å². The molecule has 2 rings (SSSR count). The lowest BCUT2D eigenvalue weighted by Crippen LogP contribution is -2.24. The molecule has 0 unspecified atom stereocenters.